The first-order chi connectivity index (χ1) is 10.1. The summed E-state index contributed by atoms with van der Waals surface area (Å²) in [5.74, 6) is -0.682. The molecule has 1 aliphatic heterocycles. The zero-order chi connectivity index (χ0) is 16.4. The second kappa shape index (κ2) is 6.28. The van der Waals surface area contributed by atoms with Gasteiger partial charge in [-0.15, -0.1) is 0 Å². The summed E-state index contributed by atoms with van der Waals surface area (Å²) in [5.41, 5.74) is 1.10. The molecule has 22 heavy (non-hydrogen) atoms. The van der Waals surface area contributed by atoms with Crippen molar-refractivity contribution in [1.29, 1.82) is 0 Å². The molecule has 1 fully saturated rings. The molecule has 1 aromatic rings. The molecule has 0 radical (unpaired) electrons. The van der Waals surface area contributed by atoms with E-state index in [1.165, 1.54) is 0 Å². The highest BCUT2D eigenvalue weighted by Gasteiger charge is 2.30. The number of sulfonamides is 1. The molecular formula is C16H25NO4S. The van der Waals surface area contributed by atoms with Crippen LogP contribution in [0, 0.1) is 0 Å². The average Bonchev–Trinajstić information content (AvgIpc) is 2.84. The van der Waals surface area contributed by atoms with Crippen LogP contribution in [0.25, 0.3) is 0 Å². The van der Waals surface area contributed by atoms with E-state index in [1.807, 2.05) is 19.1 Å². The van der Waals surface area contributed by atoms with E-state index in [0.717, 1.165) is 5.56 Å². The van der Waals surface area contributed by atoms with Crippen molar-refractivity contribution in [3.8, 4) is 0 Å². The third-order valence-electron chi connectivity index (χ3n) is 3.80. The van der Waals surface area contributed by atoms with Gasteiger partial charge >= 0.3 is 0 Å². The standard InChI is InChI=1S/C16H25NO4S/c1-15(2,3)13-5-7-14(8-6-13)22(18,19)17-10-9-16(4)20-11-12-21-16/h5-8,17H,9-12H2,1-4H3. The molecule has 1 heterocycles. The van der Waals surface area contributed by atoms with Crippen LogP contribution >= 0.6 is 0 Å². The van der Waals surface area contributed by atoms with Gasteiger partial charge in [-0.2, -0.15) is 0 Å². The maximum Gasteiger partial charge on any atom is 0.240 e. The molecule has 1 aromatic carbocycles. The fourth-order valence-corrected chi connectivity index (χ4v) is 3.36. The summed E-state index contributed by atoms with van der Waals surface area (Å²) >= 11 is 0. The van der Waals surface area contributed by atoms with Gasteiger partial charge in [-0.25, -0.2) is 13.1 Å². The predicted octanol–water partition coefficient (Wildman–Crippen LogP) is 2.42. The van der Waals surface area contributed by atoms with E-state index in [2.05, 4.69) is 25.5 Å². The van der Waals surface area contributed by atoms with E-state index in [1.54, 1.807) is 12.1 Å². The van der Waals surface area contributed by atoms with Gasteiger partial charge < -0.3 is 9.47 Å². The Balaban J connectivity index is 1.98. The van der Waals surface area contributed by atoms with E-state index in [9.17, 15) is 8.42 Å². The van der Waals surface area contributed by atoms with Crippen molar-refractivity contribution in [3.63, 3.8) is 0 Å². The molecule has 0 saturated carbocycles. The third kappa shape index (κ3) is 4.29. The van der Waals surface area contributed by atoms with Crippen molar-refractivity contribution in [2.45, 2.75) is 50.2 Å². The van der Waals surface area contributed by atoms with E-state index >= 15 is 0 Å². The first-order valence-electron chi connectivity index (χ1n) is 7.51. The molecular weight excluding hydrogens is 302 g/mol. The van der Waals surface area contributed by atoms with Gasteiger partial charge in [0.2, 0.25) is 10.0 Å². The molecule has 1 saturated heterocycles. The molecule has 0 atom stereocenters. The van der Waals surface area contributed by atoms with Gasteiger partial charge in [0.05, 0.1) is 18.1 Å². The minimum absolute atomic E-state index is 0.00145. The number of hydrogen-bond donors (Lipinski definition) is 1. The molecule has 0 unspecified atom stereocenters. The summed E-state index contributed by atoms with van der Waals surface area (Å²) in [4.78, 5) is 0.277. The fourth-order valence-electron chi connectivity index (χ4n) is 2.33. The van der Waals surface area contributed by atoms with Gasteiger partial charge in [0.15, 0.2) is 5.79 Å². The Morgan fingerprint density at radius 3 is 2.18 bits per heavy atom. The Morgan fingerprint density at radius 2 is 1.68 bits per heavy atom. The molecule has 0 bridgehead atoms. The van der Waals surface area contributed by atoms with Crippen molar-refractivity contribution in [1.82, 2.24) is 4.72 Å². The number of ether oxygens (including phenoxy) is 2. The van der Waals surface area contributed by atoms with Crippen LogP contribution in [0.5, 0.6) is 0 Å². The lowest BCUT2D eigenvalue weighted by Gasteiger charge is -2.22. The van der Waals surface area contributed by atoms with Crippen LogP contribution in [0.15, 0.2) is 29.2 Å². The lowest BCUT2D eigenvalue weighted by atomic mass is 9.87. The fraction of sp³-hybridized carbons (Fsp3) is 0.625. The second-order valence-corrected chi connectivity index (χ2v) is 8.52. The summed E-state index contributed by atoms with van der Waals surface area (Å²) in [6, 6.07) is 7.01. The van der Waals surface area contributed by atoms with Crippen molar-refractivity contribution >= 4 is 10.0 Å². The minimum Gasteiger partial charge on any atom is -0.348 e. The van der Waals surface area contributed by atoms with Crippen molar-refractivity contribution in [2.24, 2.45) is 0 Å². The van der Waals surface area contributed by atoms with Crippen LogP contribution in [-0.2, 0) is 24.9 Å². The highest BCUT2D eigenvalue weighted by Crippen LogP contribution is 2.24. The predicted molar refractivity (Wildman–Crippen MR) is 85.3 cm³/mol. The third-order valence-corrected chi connectivity index (χ3v) is 5.28. The van der Waals surface area contributed by atoms with Crippen LogP contribution in [-0.4, -0.2) is 34.0 Å². The van der Waals surface area contributed by atoms with Gasteiger partial charge in [-0.3, -0.25) is 0 Å². The molecule has 124 valence electrons. The summed E-state index contributed by atoms with van der Waals surface area (Å²) < 4.78 is 38.1. The Labute approximate surface area is 133 Å². The van der Waals surface area contributed by atoms with Gasteiger partial charge in [0.1, 0.15) is 0 Å². The van der Waals surface area contributed by atoms with Gasteiger partial charge in [-0.05, 0) is 30.0 Å². The molecule has 0 amide bonds. The molecule has 0 aromatic heterocycles. The summed E-state index contributed by atoms with van der Waals surface area (Å²) in [5, 5.41) is 0. The lowest BCUT2D eigenvalue weighted by Crippen LogP contribution is -2.33. The molecule has 6 heteroatoms. The smallest absolute Gasteiger partial charge is 0.240 e. The van der Waals surface area contributed by atoms with Crippen LogP contribution in [0.4, 0.5) is 0 Å². The molecule has 5 nitrogen and oxygen atoms in total. The summed E-state index contributed by atoms with van der Waals surface area (Å²) in [6.07, 6.45) is 0.478. The maximum atomic E-state index is 12.3. The first kappa shape index (κ1) is 17.4. The van der Waals surface area contributed by atoms with Crippen LogP contribution in [0.1, 0.15) is 39.7 Å². The molecule has 1 N–H and O–H groups in total. The molecule has 1 aliphatic rings. The highest BCUT2D eigenvalue weighted by molar-refractivity contribution is 7.89. The van der Waals surface area contributed by atoms with Crippen LogP contribution in [0.3, 0.4) is 0 Å². The van der Waals surface area contributed by atoms with Crippen LogP contribution < -0.4 is 4.72 Å². The van der Waals surface area contributed by atoms with E-state index in [-0.39, 0.29) is 16.9 Å². The van der Waals surface area contributed by atoms with Gasteiger partial charge in [-0.1, -0.05) is 32.9 Å². The SMILES string of the molecule is CC1(CCNS(=O)(=O)c2ccc(C(C)(C)C)cc2)OCCO1. The average molecular weight is 327 g/mol. The summed E-state index contributed by atoms with van der Waals surface area (Å²) in [7, 11) is -3.50. The van der Waals surface area contributed by atoms with Crippen molar-refractivity contribution < 1.29 is 17.9 Å². The maximum absolute atomic E-state index is 12.3. The van der Waals surface area contributed by atoms with Crippen molar-refractivity contribution in [3.05, 3.63) is 29.8 Å². The van der Waals surface area contributed by atoms with E-state index < -0.39 is 15.8 Å². The highest BCUT2D eigenvalue weighted by atomic mass is 32.2. The topological polar surface area (TPSA) is 64.6 Å². The quantitative estimate of drug-likeness (QED) is 0.902. The van der Waals surface area contributed by atoms with E-state index in [4.69, 9.17) is 9.47 Å². The minimum atomic E-state index is -3.50. The van der Waals surface area contributed by atoms with Crippen LogP contribution in [0.2, 0.25) is 0 Å². The van der Waals surface area contributed by atoms with Crippen molar-refractivity contribution in [2.75, 3.05) is 19.8 Å². The lowest BCUT2D eigenvalue weighted by molar-refractivity contribution is -0.145. The Kier molecular flexibility index (Phi) is 4.96. The Morgan fingerprint density at radius 1 is 1.14 bits per heavy atom. The molecule has 0 spiro atoms. The largest absolute Gasteiger partial charge is 0.348 e. The van der Waals surface area contributed by atoms with Gasteiger partial charge in [0, 0.05) is 13.0 Å². The summed E-state index contributed by atoms with van der Waals surface area (Å²) in [6.45, 7) is 9.49. The number of benzene rings is 1. The first-order valence-corrected chi connectivity index (χ1v) is 8.99. The molecule has 2 rings (SSSR count). The van der Waals surface area contributed by atoms with E-state index in [0.29, 0.717) is 19.6 Å². The number of nitrogens with one attached hydrogen (secondary N) is 1. The Bertz CT molecular complexity index is 596. The number of hydrogen-bond acceptors (Lipinski definition) is 4. The zero-order valence-corrected chi connectivity index (χ0v) is 14.5. The normalized spacial score (nSPS) is 18.5. The number of rotatable bonds is 5. The zero-order valence-electron chi connectivity index (χ0n) is 13.7. The van der Waals surface area contributed by atoms with Gasteiger partial charge in [0.25, 0.3) is 0 Å². The molecule has 0 aliphatic carbocycles. The monoisotopic (exact) mass is 327 g/mol. The Hall–Kier alpha value is -0.950. The second-order valence-electron chi connectivity index (χ2n) is 6.75.